The Bertz CT molecular complexity index is 1090. The fraction of sp³-hybridized carbons (Fsp3) is 0.316. The van der Waals surface area contributed by atoms with Gasteiger partial charge in [-0.2, -0.15) is 0 Å². The van der Waals surface area contributed by atoms with E-state index in [0.29, 0.717) is 28.1 Å². The molecule has 0 aliphatic heterocycles. The lowest BCUT2D eigenvalue weighted by atomic mass is 10.1. The van der Waals surface area contributed by atoms with E-state index >= 15 is 0 Å². The minimum absolute atomic E-state index is 0.188. The summed E-state index contributed by atoms with van der Waals surface area (Å²) in [6, 6.07) is 8.02. The van der Waals surface area contributed by atoms with Gasteiger partial charge in [-0.1, -0.05) is 24.4 Å². The molecule has 148 valence electrons. The van der Waals surface area contributed by atoms with Crippen LogP contribution in [0.1, 0.15) is 37.5 Å². The number of nitrogens with zero attached hydrogens (tertiary/aromatic N) is 1. The van der Waals surface area contributed by atoms with Gasteiger partial charge in [0.1, 0.15) is 9.96 Å². The average Bonchev–Trinajstić information content (AvgIpc) is 3.40. The number of thiophene rings is 1. The summed E-state index contributed by atoms with van der Waals surface area (Å²) in [4.78, 5) is 5.11. The normalized spacial score (nSPS) is 15.1. The first-order valence-electron chi connectivity index (χ1n) is 8.88. The number of hydrogen-bond donors (Lipinski definition) is 1. The Morgan fingerprint density at radius 2 is 2.04 bits per heavy atom. The van der Waals surface area contributed by atoms with Crippen molar-refractivity contribution in [2.45, 2.75) is 35.8 Å². The van der Waals surface area contributed by atoms with Crippen LogP contribution in [-0.2, 0) is 10.0 Å². The Balaban J connectivity index is 1.53. The summed E-state index contributed by atoms with van der Waals surface area (Å²) in [5.74, 6) is 2.20. The molecular formula is C19H19ClN2O4S2. The molecule has 0 bridgehead atoms. The van der Waals surface area contributed by atoms with Crippen LogP contribution in [0.4, 0.5) is 5.69 Å². The molecule has 6 nitrogen and oxygen atoms in total. The van der Waals surface area contributed by atoms with Gasteiger partial charge in [0.15, 0.2) is 11.7 Å². The third-order valence-corrected chi connectivity index (χ3v) is 7.99. The van der Waals surface area contributed by atoms with E-state index in [4.69, 9.17) is 20.8 Å². The maximum Gasteiger partial charge on any atom is 0.271 e. The highest BCUT2D eigenvalue weighted by Gasteiger charge is 2.23. The number of aromatic nitrogens is 1. The first kappa shape index (κ1) is 19.3. The van der Waals surface area contributed by atoms with Crippen LogP contribution in [0, 0.1) is 0 Å². The van der Waals surface area contributed by atoms with Crippen molar-refractivity contribution in [1.82, 2.24) is 4.98 Å². The first-order valence-corrected chi connectivity index (χ1v) is 11.6. The van der Waals surface area contributed by atoms with E-state index in [-0.39, 0.29) is 4.21 Å². The molecule has 28 heavy (non-hydrogen) atoms. The molecule has 3 aromatic rings. The van der Waals surface area contributed by atoms with Gasteiger partial charge in [-0.25, -0.2) is 13.4 Å². The van der Waals surface area contributed by atoms with Crippen LogP contribution in [0.15, 0.2) is 45.2 Å². The molecule has 1 N–H and O–H groups in total. The topological polar surface area (TPSA) is 81.4 Å². The minimum Gasteiger partial charge on any atom is -0.495 e. The van der Waals surface area contributed by atoms with E-state index in [9.17, 15) is 8.42 Å². The largest absolute Gasteiger partial charge is 0.495 e. The molecule has 0 saturated heterocycles. The average molecular weight is 439 g/mol. The highest BCUT2D eigenvalue weighted by molar-refractivity contribution is 7.94. The summed E-state index contributed by atoms with van der Waals surface area (Å²) in [5.41, 5.74) is 0.365. The van der Waals surface area contributed by atoms with Gasteiger partial charge >= 0.3 is 0 Å². The van der Waals surface area contributed by atoms with Crippen LogP contribution in [0.25, 0.3) is 10.6 Å². The Kier molecular flexibility index (Phi) is 5.35. The van der Waals surface area contributed by atoms with Crippen LogP contribution in [0.3, 0.4) is 0 Å². The molecule has 0 spiro atoms. The molecule has 2 aromatic heterocycles. The van der Waals surface area contributed by atoms with Crippen molar-refractivity contribution in [2.24, 2.45) is 0 Å². The summed E-state index contributed by atoms with van der Waals surface area (Å²) in [5, 5.41) is 0.329. The Morgan fingerprint density at radius 1 is 1.25 bits per heavy atom. The minimum atomic E-state index is -3.74. The molecule has 0 amide bonds. The number of methoxy groups -OCH3 is 1. The predicted molar refractivity (Wildman–Crippen MR) is 110 cm³/mol. The maximum absolute atomic E-state index is 12.7. The molecule has 9 heteroatoms. The van der Waals surface area contributed by atoms with Crippen LogP contribution < -0.4 is 9.46 Å². The second kappa shape index (κ2) is 7.77. The molecule has 1 fully saturated rings. The molecule has 4 rings (SSSR count). The smallest absolute Gasteiger partial charge is 0.271 e. The Labute approximate surface area is 172 Å². The number of nitrogens with one attached hydrogen (secondary N) is 1. The molecule has 0 unspecified atom stereocenters. The molecular weight excluding hydrogens is 420 g/mol. The molecule has 2 heterocycles. The Morgan fingerprint density at radius 3 is 2.75 bits per heavy atom. The van der Waals surface area contributed by atoms with Gasteiger partial charge in [-0.05, 0) is 43.2 Å². The van der Waals surface area contributed by atoms with Crippen LogP contribution in [0.5, 0.6) is 5.75 Å². The van der Waals surface area contributed by atoms with E-state index in [2.05, 4.69) is 9.71 Å². The predicted octanol–water partition coefficient (Wildman–Crippen LogP) is 5.52. The fourth-order valence-electron chi connectivity index (χ4n) is 3.30. The zero-order valence-electron chi connectivity index (χ0n) is 15.1. The van der Waals surface area contributed by atoms with Crippen molar-refractivity contribution in [1.29, 1.82) is 0 Å². The van der Waals surface area contributed by atoms with Crippen molar-refractivity contribution in [3.05, 3.63) is 47.4 Å². The van der Waals surface area contributed by atoms with E-state index in [1.165, 1.54) is 26.0 Å². The van der Waals surface area contributed by atoms with Crippen LogP contribution in [0.2, 0.25) is 5.02 Å². The molecule has 0 atom stereocenters. The van der Waals surface area contributed by atoms with Gasteiger partial charge in [0.2, 0.25) is 0 Å². The standard InChI is InChI=1S/C19H19ClN2O4S2/c1-25-15-7-6-13(10-14(15)20)22-28(23,24)18-9-8-17(27-18)16-11-21-19(26-16)12-4-2-3-5-12/h6-12,22H,2-5H2,1H3. The van der Waals surface area contributed by atoms with Gasteiger partial charge in [0.05, 0.1) is 28.9 Å². The van der Waals surface area contributed by atoms with E-state index < -0.39 is 10.0 Å². The molecule has 1 saturated carbocycles. The summed E-state index contributed by atoms with van der Waals surface area (Å²) in [6.45, 7) is 0. The monoisotopic (exact) mass is 438 g/mol. The van der Waals surface area contributed by atoms with E-state index in [1.807, 2.05) is 0 Å². The van der Waals surface area contributed by atoms with Crippen molar-refractivity contribution in [3.8, 4) is 16.4 Å². The van der Waals surface area contributed by atoms with Crippen molar-refractivity contribution < 1.29 is 17.6 Å². The van der Waals surface area contributed by atoms with Gasteiger partial charge < -0.3 is 9.15 Å². The second-order valence-electron chi connectivity index (χ2n) is 6.62. The van der Waals surface area contributed by atoms with Gasteiger partial charge in [0, 0.05) is 5.92 Å². The van der Waals surface area contributed by atoms with Gasteiger partial charge in [-0.3, -0.25) is 4.72 Å². The molecule has 1 aliphatic carbocycles. The number of halogens is 1. The maximum atomic E-state index is 12.7. The number of rotatable bonds is 6. The van der Waals surface area contributed by atoms with Crippen molar-refractivity contribution >= 4 is 38.6 Å². The lowest BCUT2D eigenvalue weighted by molar-refractivity contribution is 0.415. The van der Waals surface area contributed by atoms with Gasteiger partial charge in [-0.15, -0.1) is 11.3 Å². The van der Waals surface area contributed by atoms with E-state index in [0.717, 1.165) is 34.9 Å². The summed E-state index contributed by atoms with van der Waals surface area (Å²) in [7, 11) is -2.24. The quantitative estimate of drug-likeness (QED) is 0.547. The highest BCUT2D eigenvalue weighted by atomic mass is 35.5. The summed E-state index contributed by atoms with van der Waals surface area (Å²) < 4.78 is 39.1. The molecule has 1 aliphatic rings. The molecule has 0 radical (unpaired) electrons. The highest BCUT2D eigenvalue weighted by Crippen LogP contribution is 2.37. The van der Waals surface area contributed by atoms with Crippen molar-refractivity contribution in [3.63, 3.8) is 0 Å². The van der Waals surface area contributed by atoms with Crippen LogP contribution in [-0.4, -0.2) is 20.5 Å². The third-order valence-electron chi connectivity index (χ3n) is 4.72. The second-order valence-corrected chi connectivity index (χ2v) is 10.0. The number of oxazole rings is 1. The number of anilines is 1. The number of ether oxygens (including phenoxy) is 1. The van der Waals surface area contributed by atoms with Crippen LogP contribution >= 0.6 is 22.9 Å². The zero-order chi connectivity index (χ0) is 19.7. The lowest BCUT2D eigenvalue weighted by Gasteiger charge is -2.08. The van der Waals surface area contributed by atoms with E-state index in [1.54, 1.807) is 30.5 Å². The SMILES string of the molecule is COc1ccc(NS(=O)(=O)c2ccc(-c3cnc(C4CCCC4)o3)s2)cc1Cl. The lowest BCUT2D eigenvalue weighted by Crippen LogP contribution is -2.11. The molecule has 1 aromatic carbocycles. The number of benzene rings is 1. The Hall–Kier alpha value is -2.03. The zero-order valence-corrected chi connectivity index (χ0v) is 17.5. The number of hydrogen-bond acceptors (Lipinski definition) is 6. The summed E-state index contributed by atoms with van der Waals surface area (Å²) >= 11 is 7.21. The van der Waals surface area contributed by atoms with Crippen molar-refractivity contribution in [2.75, 3.05) is 11.8 Å². The van der Waals surface area contributed by atoms with Gasteiger partial charge in [0.25, 0.3) is 10.0 Å². The summed E-state index contributed by atoms with van der Waals surface area (Å²) in [6.07, 6.45) is 6.26. The number of sulfonamides is 1. The third kappa shape index (κ3) is 3.90. The first-order chi connectivity index (χ1) is 13.5. The fourth-order valence-corrected chi connectivity index (χ4v) is 5.86.